The molecule has 0 spiro atoms. The second-order valence-corrected chi connectivity index (χ2v) is 7.05. The molecule has 8 heteroatoms. The fourth-order valence-corrected chi connectivity index (χ4v) is 3.58. The predicted octanol–water partition coefficient (Wildman–Crippen LogP) is 3.03. The fraction of sp³-hybridized carbons (Fsp3) is 0.143. The molecule has 1 aliphatic heterocycles. The van der Waals surface area contributed by atoms with Crippen LogP contribution < -0.4 is 10.1 Å². The predicted molar refractivity (Wildman–Crippen MR) is 110 cm³/mol. The number of aromatic nitrogens is 1. The van der Waals surface area contributed by atoms with E-state index in [0.717, 1.165) is 15.5 Å². The van der Waals surface area contributed by atoms with Crippen LogP contribution in [0.1, 0.15) is 11.1 Å². The summed E-state index contributed by atoms with van der Waals surface area (Å²) in [6.07, 6.45) is 4.61. The molecular formula is C21H19N3O4S. The van der Waals surface area contributed by atoms with E-state index >= 15 is 0 Å². The van der Waals surface area contributed by atoms with Crippen molar-refractivity contribution < 1.29 is 19.1 Å². The van der Waals surface area contributed by atoms with Crippen molar-refractivity contribution in [2.24, 2.45) is 0 Å². The summed E-state index contributed by atoms with van der Waals surface area (Å²) in [6, 6.07) is 10.3. The van der Waals surface area contributed by atoms with Crippen molar-refractivity contribution in [3.8, 4) is 5.75 Å². The summed E-state index contributed by atoms with van der Waals surface area (Å²) in [4.78, 5) is 41.8. The molecule has 1 aromatic heterocycles. The topological polar surface area (TPSA) is 88.6 Å². The van der Waals surface area contributed by atoms with Gasteiger partial charge in [-0.15, -0.1) is 18.3 Å². The van der Waals surface area contributed by atoms with Gasteiger partial charge in [0.1, 0.15) is 11.3 Å². The largest absolute Gasteiger partial charge is 0.496 e. The van der Waals surface area contributed by atoms with Crippen LogP contribution in [-0.2, 0) is 15.3 Å². The number of rotatable bonds is 7. The summed E-state index contributed by atoms with van der Waals surface area (Å²) >= 11 is 1.54. The lowest BCUT2D eigenvalue weighted by atomic mass is 10.0. The summed E-state index contributed by atoms with van der Waals surface area (Å²) in [5, 5.41) is 3.05. The molecule has 1 aliphatic rings. The third kappa shape index (κ3) is 4.72. The summed E-state index contributed by atoms with van der Waals surface area (Å²) in [7, 11) is 1.58. The molecular weight excluding hydrogens is 390 g/mol. The zero-order valence-electron chi connectivity index (χ0n) is 15.8. The molecule has 0 bridgehead atoms. The van der Waals surface area contributed by atoms with Crippen molar-refractivity contribution in [1.82, 2.24) is 15.2 Å². The van der Waals surface area contributed by atoms with Gasteiger partial charge in [0.15, 0.2) is 0 Å². The number of ether oxygens (including phenoxy) is 1. The standard InChI is InChI=1S/C21H19N3O4S/c1-3-10-24-20(26)16(19(25)23-21(24)27)12-14-7-8-17(28-2)15(11-14)13-29-18-6-4-5-9-22-18/h3-9,11-12H,1,10,13H2,2H3,(H,23,25,27)/b16-12+. The van der Waals surface area contributed by atoms with Crippen molar-refractivity contribution in [2.75, 3.05) is 13.7 Å². The number of carbonyl (C=O) groups excluding carboxylic acids is 3. The van der Waals surface area contributed by atoms with Crippen LogP contribution >= 0.6 is 11.8 Å². The molecule has 2 heterocycles. The molecule has 2 aromatic rings. The van der Waals surface area contributed by atoms with Crippen molar-refractivity contribution in [3.05, 3.63) is 72.0 Å². The van der Waals surface area contributed by atoms with Crippen LogP contribution in [-0.4, -0.2) is 41.4 Å². The van der Waals surface area contributed by atoms with Gasteiger partial charge in [0.25, 0.3) is 11.8 Å². The number of pyridine rings is 1. The minimum absolute atomic E-state index is 0.0177. The molecule has 3 rings (SSSR count). The average molecular weight is 409 g/mol. The second-order valence-electron chi connectivity index (χ2n) is 6.05. The normalized spacial score (nSPS) is 15.4. The van der Waals surface area contributed by atoms with Gasteiger partial charge in [0, 0.05) is 24.1 Å². The number of hydrogen-bond acceptors (Lipinski definition) is 6. The monoisotopic (exact) mass is 409 g/mol. The molecule has 1 fully saturated rings. The molecule has 7 nitrogen and oxygen atoms in total. The first-order chi connectivity index (χ1) is 14.0. The molecule has 29 heavy (non-hydrogen) atoms. The Bertz CT molecular complexity index is 989. The Morgan fingerprint density at radius 2 is 2.07 bits per heavy atom. The quantitative estimate of drug-likeness (QED) is 0.327. The van der Waals surface area contributed by atoms with E-state index in [2.05, 4.69) is 16.9 Å². The third-order valence-electron chi connectivity index (χ3n) is 4.13. The van der Waals surface area contributed by atoms with Crippen LogP contribution in [0.15, 0.2) is 65.8 Å². The average Bonchev–Trinajstić information content (AvgIpc) is 2.73. The van der Waals surface area contributed by atoms with Gasteiger partial charge in [-0.3, -0.25) is 19.8 Å². The maximum Gasteiger partial charge on any atom is 0.331 e. The minimum Gasteiger partial charge on any atom is -0.496 e. The van der Waals surface area contributed by atoms with Crippen LogP contribution in [0.3, 0.4) is 0 Å². The SMILES string of the molecule is C=CCN1C(=O)NC(=O)/C(=C\c2ccc(OC)c(CSc3ccccn3)c2)C1=O. The van der Waals surface area contributed by atoms with Gasteiger partial charge in [-0.1, -0.05) is 18.2 Å². The van der Waals surface area contributed by atoms with Gasteiger partial charge < -0.3 is 4.74 Å². The molecule has 0 saturated carbocycles. The van der Waals surface area contributed by atoms with Crippen LogP contribution in [0.2, 0.25) is 0 Å². The molecule has 0 unspecified atom stereocenters. The first kappa shape index (κ1) is 20.3. The molecule has 0 atom stereocenters. The summed E-state index contributed by atoms with van der Waals surface area (Å²) in [5.74, 6) is -0.0869. The fourth-order valence-electron chi connectivity index (χ4n) is 2.74. The summed E-state index contributed by atoms with van der Waals surface area (Å²) in [5.41, 5.74) is 1.42. The van der Waals surface area contributed by atoms with Gasteiger partial charge in [-0.2, -0.15) is 0 Å². The first-order valence-corrected chi connectivity index (χ1v) is 9.72. The van der Waals surface area contributed by atoms with Gasteiger partial charge in [0.2, 0.25) is 0 Å². The van der Waals surface area contributed by atoms with E-state index in [4.69, 9.17) is 4.74 Å². The number of methoxy groups -OCH3 is 1. The zero-order chi connectivity index (χ0) is 20.8. The van der Waals surface area contributed by atoms with Crippen LogP contribution in [0.4, 0.5) is 4.79 Å². The summed E-state index contributed by atoms with van der Waals surface area (Å²) in [6.45, 7) is 3.55. The number of imide groups is 2. The number of nitrogens with one attached hydrogen (secondary N) is 1. The van der Waals surface area contributed by atoms with Crippen LogP contribution in [0, 0.1) is 0 Å². The number of carbonyl (C=O) groups is 3. The Hall–Kier alpha value is -3.39. The molecule has 1 saturated heterocycles. The maximum atomic E-state index is 12.6. The van der Waals surface area contributed by atoms with Crippen molar-refractivity contribution >= 4 is 35.7 Å². The number of urea groups is 1. The number of nitrogens with zero attached hydrogens (tertiary/aromatic N) is 2. The Morgan fingerprint density at radius 1 is 1.24 bits per heavy atom. The van der Waals surface area contributed by atoms with Gasteiger partial charge in [-0.05, 0) is 35.9 Å². The van der Waals surface area contributed by atoms with Gasteiger partial charge in [-0.25, -0.2) is 9.78 Å². The van der Waals surface area contributed by atoms with Crippen LogP contribution in [0.25, 0.3) is 6.08 Å². The number of benzene rings is 1. The Labute approximate surface area is 172 Å². The van der Waals surface area contributed by atoms with Gasteiger partial charge >= 0.3 is 6.03 Å². The van der Waals surface area contributed by atoms with E-state index in [-0.39, 0.29) is 12.1 Å². The van der Waals surface area contributed by atoms with E-state index in [0.29, 0.717) is 17.1 Å². The number of hydrogen-bond donors (Lipinski definition) is 1. The second kappa shape index (κ2) is 9.20. The van der Waals surface area contributed by atoms with Crippen molar-refractivity contribution in [1.29, 1.82) is 0 Å². The molecule has 0 radical (unpaired) electrons. The highest BCUT2D eigenvalue weighted by atomic mass is 32.2. The highest BCUT2D eigenvalue weighted by molar-refractivity contribution is 7.98. The van der Waals surface area contributed by atoms with E-state index < -0.39 is 17.8 Å². The van der Waals surface area contributed by atoms with Crippen LogP contribution in [0.5, 0.6) is 5.75 Å². The minimum atomic E-state index is -0.751. The van der Waals surface area contributed by atoms with E-state index in [1.165, 1.54) is 12.2 Å². The molecule has 148 valence electrons. The number of amides is 4. The lowest BCUT2D eigenvalue weighted by Gasteiger charge is -2.25. The number of barbiturate groups is 1. The molecule has 1 N–H and O–H groups in total. The summed E-state index contributed by atoms with van der Waals surface area (Å²) < 4.78 is 5.42. The Balaban J connectivity index is 1.88. The maximum absolute atomic E-state index is 12.6. The Kier molecular flexibility index (Phi) is 6.46. The smallest absolute Gasteiger partial charge is 0.331 e. The lowest BCUT2D eigenvalue weighted by molar-refractivity contribution is -0.129. The van der Waals surface area contributed by atoms with E-state index in [9.17, 15) is 14.4 Å². The highest BCUT2D eigenvalue weighted by Gasteiger charge is 2.34. The lowest BCUT2D eigenvalue weighted by Crippen LogP contribution is -2.54. The van der Waals surface area contributed by atoms with E-state index in [1.54, 1.807) is 37.2 Å². The Morgan fingerprint density at radius 3 is 2.76 bits per heavy atom. The van der Waals surface area contributed by atoms with Crippen molar-refractivity contribution in [2.45, 2.75) is 10.8 Å². The molecule has 4 amide bonds. The first-order valence-electron chi connectivity index (χ1n) is 8.74. The zero-order valence-corrected chi connectivity index (χ0v) is 16.6. The molecule has 1 aromatic carbocycles. The molecule has 0 aliphatic carbocycles. The highest BCUT2D eigenvalue weighted by Crippen LogP contribution is 2.28. The third-order valence-corrected chi connectivity index (χ3v) is 5.12. The van der Waals surface area contributed by atoms with E-state index in [1.807, 2.05) is 24.3 Å². The van der Waals surface area contributed by atoms with Gasteiger partial charge in [0.05, 0.1) is 12.1 Å². The number of thioether (sulfide) groups is 1. The van der Waals surface area contributed by atoms with Crippen molar-refractivity contribution in [3.63, 3.8) is 0 Å².